The summed E-state index contributed by atoms with van der Waals surface area (Å²) < 4.78 is 5.68. The fourth-order valence-electron chi connectivity index (χ4n) is 1.44. The van der Waals surface area contributed by atoms with Crippen molar-refractivity contribution >= 4 is 6.29 Å². The lowest BCUT2D eigenvalue weighted by atomic mass is 10.0. The molecule has 2 unspecified atom stereocenters. The monoisotopic (exact) mass is 220 g/mol. The van der Waals surface area contributed by atoms with E-state index in [1.54, 1.807) is 0 Å². The molecule has 0 heterocycles. The zero-order valence-corrected chi connectivity index (χ0v) is 10.3. The van der Waals surface area contributed by atoms with Crippen molar-refractivity contribution in [2.24, 2.45) is 5.92 Å². The first-order valence-electron chi connectivity index (χ1n) is 5.86. The fraction of sp³-hybridized carbons (Fsp3) is 0.500. The van der Waals surface area contributed by atoms with E-state index in [-0.39, 0.29) is 12.0 Å². The van der Waals surface area contributed by atoms with Gasteiger partial charge in [-0.3, -0.25) is 0 Å². The first kappa shape index (κ1) is 12.8. The Labute approximate surface area is 97.6 Å². The van der Waals surface area contributed by atoms with Crippen molar-refractivity contribution in [1.29, 1.82) is 0 Å². The van der Waals surface area contributed by atoms with Gasteiger partial charge in [-0.1, -0.05) is 26.0 Å². The fourth-order valence-corrected chi connectivity index (χ4v) is 1.44. The van der Waals surface area contributed by atoms with Crippen LogP contribution in [0.4, 0.5) is 0 Å². The van der Waals surface area contributed by atoms with Crippen molar-refractivity contribution < 1.29 is 9.53 Å². The molecule has 0 N–H and O–H groups in total. The molecule has 0 radical (unpaired) electrons. The Balaban J connectivity index is 2.57. The molecule has 0 aliphatic carbocycles. The summed E-state index contributed by atoms with van der Waals surface area (Å²) in [6.45, 7) is 6.09. The van der Waals surface area contributed by atoms with Gasteiger partial charge in [0.2, 0.25) is 0 Å². The maximum atomic E-state index is 10.5. The maximum Gasteiger partial charge on any atom is 0.123 e. The van der Waals surface area contributed by atoms with E-state index in [0.717, 1.165) is 24.9 Å². The van der Waals surface area contributed by atoms with Crippen LogP contribution >= 0.6 is 0 Å². The van der Waals surface area contributed by atoms with Crippen LogP contribution in [0.15, 0.2) is 24.3 Å². The van der Waals surface area contributed by atoms with E-state index in [2.05, 4.69) is 13.8 Å². The molecule has 0 saturated heterocycles. The number of aldehydes is 1. The molecule has 2 heteroatoms. The average molecular weight is 220 g/mol. The van der Waals surface area contributed by atoms with E-state index in [4.69, 9.17) is 4.74 Å². The van der Waals surface area contributed by atoms with Crippen molar-refractivity contribution in [3.63, 3.8) is 0 Å². The van der Waals surface area contributed by atoms with Crippen LogP contribution in [-0.2, 0) is 11.2 Å². The highest BCUT2D eigenvalue weighted by Crippen LogP contribution is 2.16. The van der Waals surface area contributed by atoms with Crippen LogP contribution in [0.3, 0.4) is 0 Å². The van der Waals surface area contributed by atoms with E-state index in [0.29, 0.717) is 0 Å². The normalized spacial score (nSPS) is 14.2. The number of carbonyl (C=O) groups is 1. The molecular weight excluding hydrogens is 200 g/mol. The van der Waals surface area contributed by atoms with E-state index in [9.17, 15) is 4.79 Å². The largest absolute Gasteiger partial charge is 0.491 e. The quantitative estimate of drug-likeness (QED) is 0.688. The van der Waals surface area contributed by atoms with E-state index in [1.807, 2.05) is 31.2 Å². The molecule has 1 aromatic carbocycles. The van der Waals surface area contributed by atoms with Gasteiger partial charge in [0, 0.05) is 5.92 Å². The van der Waals surface area contributed by atoms with E-state index < -0.39 is 0 Å². The third-order valence-electron chi connectivity index (χ3n) is 2.63. The lowest BCUT2D eigenvalue weighted by Gasteiger charge is -2.13. The van der Waals surface area contributed by atoms with Gasteiger partial charge in [0.15, 0.2) is 0 Å². The maximum absolute atomic E-state index is 10.5. The summed E-state index contributed by atoms with van der Waals surface area (Å²) in [5.41, 5.74) is 1.18. The van der Waals surface area contributed by atoms with Crippen LogP contribution in [0.5, 0.6) is 5.75 Å². The van der Waals surface area contributed by atoms with Crippen LogP contribution in [0.25, 0.3) is 0 Å². The topological polar surface area (TPSA) is 26.3 Å². The van der Waals surface area contributed by atoms with Crippen molar-refractivity contribution in [1.82, 2.24) is 0 Å². The van der Waals surface area contributed by atoms with Gasteiger partial charge < -0.3 is 9.53 Å². The highest BCUT2D eigenvalue weighted by molar-refractivity contribution is 5.53. The number of rotatable bonds is 6. The van der Waals surface area contributed by atoms with Crippen molar-refractivity contribution in [3.8, 4) is 5.75 Å². The van der Waals surface area contributed by atoms with E-state index >= 15 is 0 Å². The molecule has 1 rings (SSSR count). The van der Waals surface area contributed by atoms with Gasteiger partial charge >= 0.3 is 0 Å². The van der Waals surface area contributed by atoms with Gasteiger partial charge in [-0.05, 0) is 37.5 Å². The lowest BCUT2D eigenvalue weighted by Crippen LogP contribution is -2.09. The van der Waals surface area contributed by atoms with E-state index in [1.165, 1.54) is 5.56 Å². The Morgan fingerprint density at radius 1 is 1.25 bits per heavy atom. The highest BCUT2D eigenvalue weighted by atomic mass is 16.5. The molecule has 88 valence electrons. The Hall–Kier alpha value is -1.31. The molecule has 2 atom stereocenters. The average Bonchev–Trinajstić information content (AvgIpc) is 2.31. The first-order valence-corrected chi connectivity index (χ1v) is 5.86. The summed E-state index contributed by atoms with van der Waals surface area (Å²) in [5.74, 6) is 0.984. The predicted octanol–water partition coefficient (Wildman–Crippen LogP) is 3.24. The molecule has 0 amide bonds. The number of ether oxygens (including phenoxy) is 1. The summed E-state index contributed by atoms with van der Waals surface area (Å²) in [4.78, 5) is 10.5. The molecule has 0 bridgehead atoms. The predicted molar refractivity (Wildman–Crippen MR) is 65.8 cm³/mol. The summed E-state index contributed by atoms with van der Waals surface area (Å²) in [5, 5.41) is 0. The molecule has 0 spiro atoms. The highest BCUT2D eigenvalue weighted by Gasteiger charge is 2.03. The number of hydrogen-bond donors (Lipinski definition) is 0. The second-order valence-corrected chi connectivity index (χ2v) is 4.30. The minimum atomic E-state index is 0.0846. The molecule has 16 heavy (non-hydrogen) atoms. The summed E-state index contributed by atoms with van der Waals surface area (Å²) >= 11 is 0. The molecule has 0 aliphatic heterocycles. The Morgan fingerprint density at radius 3 is 2.38 bits per heavy atom. The summed E-state index contributed by atoms with van der Waals surface area (Å²) in [7, 11) is 0. The zero-order valence-electron chi connectivity index (χ0n) is 10.3. The summed E-state index contributed by atoms with van der Waals surface area (Å²) in [6.07, 6.45) is 3.04. The Kier molecular flexibility index (Phi) is 5.03. The van der Waals surface area contributed by atoms with Crippen LogP contribution in [0.1, 0.15) is 32.8 Å². The Morgan fingerprint density at radius 2 is 1.88 bits per heavy atom. The molecule has 0 aliphatic rings. The van der Waals surface area contributed by atoms with Gasteiger partial charge in [0.1, 0.15) is 12.0 Å². The van der Waals surface area contributed by atoms with Crippen molar-refractivity contribution in [2.45, 2.75) is 39.7 Å². The standard InChI is InChI=1S/C14H20O2/c1-4-12(3)16-14-7-5-13(6-8-14)9-11(2)10-15/h5-8,10-12H,4,9H2,1-3H3. The number of hydrogen-bond acceptors (Lipinski definition) is 2. The van der Waals surface area contributed by atoms with Gasteiger partial charge in [-0.2, -0.15) is 0 Å². The molecule has 1 aromatic rings. The number of benzene rings is 1. The van der Waals surface area contributed by atoms with Crippen LogP contribution < -0.4 is 4.74 Å². The zero-order chi connectivity index (χ0) is 12.0. The van der Waals surface area contributed by atoms with Crippen LogP contribution in [0, 0.1) is 5.92 Å². The van der Waals surface area contributed by atoms with Gasteiger partial charge in [0.05, 0.1) is 6.10 Å². The molecular formula is C14H20O2. The minimum absolute atomic E-state index is 0.0846. The van der Waals surface area contributed by atoms with Gasteiger partial charge in [-0.25, -0.2) is 0 Å². The van der Waals surface area contributed by atoms with Crippen LogP contribution in [-0.4, -0.2) is 12.4 Å². The van der Waals surface area contributed by atoms with Crippen molar-refractivity contribution in [2.75, 3.05) is 0 Å². The number of carbonyl (C=O) groups excluding carboxylic acids is 1. The molecule has 2 nitrogen and oxygen atoms in total. The molecule has 0 saturated carbocycles. The SMILES string of the molecule is CCC(C)Oc1ccc(CC(C)C=O)cc1. The Bertz CT molecular complexity index is 316. The summed E-state index contributed by atoms with van der Waals surface area (Å²) in [6, 6.07) is 7.99. The third kappa shape index (κ3) is 4.05. The smallest absolute Gasteiger partial charge is 0.123 e. The second-order valence-electron chi connectivity index (χ2n) is 4.30. The third-order valence-corrected chi connectivity index (χ3v) is 2.63. The molecule has 0 fully saturated rings. The van der Waals surface area contributed by atoms with Crippen molar-refractivity contribution in [3.05, 3.63) is 29.8 Å². The first-order chi connectivity index (χ1) is 7.65. The lowest BCUT2D eigenvalue weighted by molar-refractivity contribution is -0.110. The second kappa shape index (κ2) is 6.31. The minimum Gasteiger partial charge on any atom is -0.491 e. The van der Waals surface area contributed by atoms with Gasteiger partial charge in [0.25, 0.3) is 0 Å². The van der Waals surface area contributed by atoms with Crippen LogP contribution in [0.2, 0.25) is 0 Å². The van der Waals surface area contributed by atoms with Gasteiger partial charge in [-0.15, -0.1) is 0 Å². The molecule has 0 aromatic heterocycles.